The molecule has 1 fully saturated rings. The molecular formula is C15H17F2NO2S. The van der Waals surface area contributed by atoms with Crippen molar-refractivity contribution in [1.82, 2.24) is 0 Å². The molecule has 1 N–H and O–H groups in total. The molecule has 0 radical (unpaired) electrons. The quantitative estimate of drug-likeness (QED) is 0.848. The van der Waals surface area contributed by atoms with Gasteiger partial charge in [-0.05, 0) is 54.9 Å². The summed E-state index contributed by atoms with van der Waals surface area (Å²) in [7, 11) is -4.50. The van der Waals surface area contributed by atoms with Crippen molar-refractivity contribution in [3.63, 3.8) is 0 Å². The van der Waals surface area contributed by atoms with E-state index in [1.807, 2.05) is 0 Å². The lowest BCUT2D eigenvalue weighted by atomic mass is 9.93. The van der Waals surface area contributed by atoms with Crippen LogP contribution in [0.4, 0.5) is 14.5 Å². The van der Waals surface area contributed by atoms with Crippen LogP contribution < -0.4 is 5.32 Å². The molecule has 2 aliphatic carbocycles. The first-order chi connectivity index (χ1) is 9.96. The van der Waals surface area contributed by atoms with Crippen LogP contribution in [0.1, 0.15) is 12.8 Å². The van der Waals surface area contributed by atoms with Crippen LogP contribution in [0, 0.1) is 17.8 Å². The molecule has 6 heteroatoms. The lowest BCUT2D eigenvalue weighted by Gasteiger charge is -2.19. The number of halogens is 2. The smallest absolute Gasteiger partial charge is 0.341 e. The molecule has 0 amide bonds. The normalized spacial score (nSPS) is 27.5. The first-order valence-corrected chi connectivity index (χ1v) is 8.56. The number of nitrogens with one attached hydrogen (secondary N) is 1. The van der Waals surface area contributed by atoms with Crippen molar-refractivity contribution in [3.8, 4) is 0 Å². The summed E-state index contributed by atoms with van der Waals surface area (Å²) in [5.74, 6) is -1.43. The van der Waals surface area contributed by atoms with Crippen molar-refractivity contribution in [2.75, 3.05) is 11.9 Å². The van der Waals surface area contributed by atoms with Crippen LogP contribution in [0.5, 0.6) is 0 Å². The van der Waals surface area contributed by atoms with Gasteiger partial charge in [0.1, 0.15) is 0 Å². The molecule has 114 valence electrons. The molecule has 2 aliphatic rings. The summed E-state index contributed by atoms with van der Waals surface area (Å²) in [6.45, 7) is 0.826. The van der Waals surface area contributed by atoms with E-state index >= 15 is 0 Å². The van der Waals surface area contributed by atoms with Crippen molar-refractivity contribution in [2.45, 2.75) is 23.5 Å². The van der Waals surface area contributed by atoms with Gasteiger partial charge in [0.2, 0.25) is 9.84 Å². The number of anilines is 1. The van der Waals surface area contributed by atoms with E-state index in [4.69, 9.17) is 0 Å². The van der Waals surface area contributed by atoms with Crippen molar-refractivity contribution >= 4 is 15.5 Å². The van der Waals surface area contributed by atoms with Crippen LogP contribution in [0.2, 0.25) is 0 Å². The van der Waals surface area contributed by atoms with Gasteiger partial charge < -0.3 is 5.32 Å². The van der Waals surface area contributed by atoms with Crippen LogP contribution in [-0.4, -0.2) is 20.7 Å². The maximum Gasteiger partial charge on any atom is 0.341 e. The summed E-state index contributed by atoms with van der Waals surface area (Å²) < 4.78 is 47.5. The Morgan fingerprint density at radius 3 is 2.38 bits per heavy atom. The SMILES string of the molecule is O=S(=O)(c1ccc(NCC2CC3C=CC2C3)cc1)C(F)F. The van der Waals surface area contributed by atoms with Gasteiger partial charge in [-0.2, -0.15) is 8.78 Å². The number of sulfone groups is 1. The second-order valence-electron chi connectivity index (χ2n) is 5.75. The van der Waals surface area contributed by atoms with Crippen LogP contribution in [-0.2, 0) is 9.84 Å². The number of alkyl halides is 2. The Morgan fingerprint density at radius 1 is 1.14 bits per heavy atom. The predicted octanol–water partition coefficient (Wildman–Crippen LogP) is 3.31. The van der Waals surface area contributed by atoms with Gasteiger partial charge in [-0.15, -0.1) is 0 Å². The zero-order valence-electron chi connectivity index (χ0n) is 11.4. The Morgan fingerprint density at radius 2 is 1.86 bits per heavy atom. The predicted molar refractivity (Wildman–Crippen MR) is 77.0 cm³/mol. The van der Waals surface area contributed by atoms with Crippen molar-refractivity contribution in [3.05, 3.63) is 36.4 Å². The monoisotopic (exact) mass is 313 g/mol. The third-order valence-electron chi connectivity index (χ3n) is 4.40. The topological polar surface area (TPSA) is 46.2 Å². The fraction of sp³-hybridized carbons (Fsp3) is 0.467. The van der Waals surface area contributed by atoms with Gasteiger partial charge in [-0.1, -0.05) is 12.2 Å². The molecule has 2 bridgehead atoms. The number of hydrogen-bond acceptors (Lipinski definition) is 3. The molecule has 0 aromatic heterocycles. The van der Waals surface area contributed by atoms with Gasteiger partial charge in [0, 0.05) is 12.2 Å². The first kappa shape index (κ1) is 14.5. The fourth-order valence-electron chi connectivity index (χ4n) is 3.24. The number of allylic oxidation sites excluding steroid dienone is 2. The van der Waals surface area contributed by atoms with E-state index < -0.39 is 15.6 Å². The summed E-state index contributed by atoms with van der Waals surface area (Å²) in [6, 6.07) is 5.53. The van der Waals surface area contributed by atoms with Crippen molar-refractivity contribution in [1.29, 1.82) is 0 Å². The van der Waals surface area contributed by atoms with Crippen molar-refractivity contribution < 1.29 is 17.2 Å². The second kappa shape index (κ2) is 5.40. The van der Waals surface area contributed by atoms with E-state index in [0.29, 0.717) is 17.8 Å². The van der Waals surface area contributed by atoms with Crippen LogP contribution >= 0.6 is 0 Å². The molecule has 0 saturated heterocycles. The molecule has 3 rings (SSSR count). The molecule has 1 aromatic rings. The maximum absolute atomic E-state index is 12.4. The molecule has 3 nitrogen and oxygen atoms in total. The number of rotatable bonds is 5. The molecule has 0 heterocycles. The van der Waals surface area contributed by atoms with E-state index in [1.165, 1.54) is 37.1 Å². The lowest BCUT2D eigenvalue weighted by Crippen LogP contribution is -2.18. The van der Waals surface area contributed by atoms with Gasteiger partial charge in [0.05, 0.1) is 4.90 Å². The first-order valence-electron chi connectivity index (χ1n) is 7.01. The number of fused-ring (bicyclic) bond motifs is 2. The number of benzene rings is 1. The Hall–Kier alpha value is -1.43. The summed E-state index contributed by atoms with van der Waals surface area (Å²) in [6.07, 6.45) is 6.98. The summed E-state index contributed by atoms with van der Waals surface area (Å²) >= 11 is 0. The molecule has 3 unspecified atom stereocenters. The molecule has 1 aromatic carbocycles. The molecule has 1 saturated carbocycles. The average molecular weight is 313 g/mol. The second-order valence-corrected chi connectivity index (χ2v) is 7.67. The summed E-state index contributed by atoms with van der Waals surface area (Å²) in [5.41, 5.74) is 0.759. The highest BCUT2D eigenvalue weighted by atomic mass is 32.2. The highest BCUT2D eigenvalue weighted by molar-refractivity contribution is 7.91. The van der Waals surface area contributed by atoms with Gasteiger partial charge in [0.15, 0.2) is 0 Å². The van der Waals surface area contributed by atoms with Gasteiger partial charge in [0.25, 0.3) is 0 Å². The third kappa shape index (κ3) is 2.81. The minimum Gasteiger partial charge on any atom is -0.385 e. The Bertz CT molecular complexity index is 640. The highest BCUT2D eigenvalue weighted by Crippen LogP contribution is 2.43. The molecule has 3 atom stereocenters. The van der Waals surface area contributed by atoms with E-state index in [0.717, 1.165) is 12.2 Å². The number of hydrogen-bond donors (Lipinski definition) is 1. The molecule has 0 aliphatic heterocycles. The molecule has 21 heavy (non-hydrogen) atoms. The Balaban J connectivity index is 1.61. The molecular weight excluding hydrogens is 296 g/mol. The average Bonchev–Trinajstić information content (AvgIpc) is 3.08. The third-order valence-corrected chi connectivity index (χ3v) is 5.80. The summed E-state index contributed by atoms with van der Waals surface area (Å²) in [5, 5.41) is 3.26. The van der Waals surface area contributed by atoms with Crippen LogP contribution in [0.25, 0.3) is 0 Å². The maximum atomic E-state index is 12.4. The standard InChI is InChI=1S/C15H17F2NO2S/c16-15(17)21(19,20)14-5-3-13(4-6-14)18-9-12-8-10-1-2-11(12)7-10/h1-6,10-12,15,18H,7-9H2. The van der Waals surface area contributed by atoms with E-state index in [1.54, 1.807) is 0 Å². The minimum absolute atomic E-state index is 0.342. The Labute approximate surface area is 123 Å². The van der Waals surface area contributed by atoms with E-state index in [2.05, 4.69) is 17.5 Å². The van der Waals surface area contributed by atoms with Crippen LogP contribution in [0.15, 0.2) is 41.3 Å². The highest BCUT2D eigenvalue weighted by Gasteiger charge is 2.35. The van der Waals surface area contributed by atoms with Crippen molar-refractivity contribution in [2.24, 2.45) is 17.8 Å². The minimum atomic E-state index is -4.50. The largest absolute Gasteiger partial charge is 0.385 e. The summed E-state index contributed by atoms with van der Waals surface area (Å²) in [4.78, 5) is -0.342. The van der Waals surface area contributed by atoms with Crippen LogP contribution in [0.3, 0.4) is 0 Å². The van der Waals surface area contributed by atoms with E-state index in [9.17, 15) is 17.2 Å². The zero-order chi connectivity index (χ0) is 15.0. The zero-order valence-corrected chi connectivity index (χ0v) is 12.2. The van der Waals surface area contributed by atoms with Gasteiger partial charge in [-0.25, -0.2) is 8.42 Å². The van der Waals surface area contributed by atoms with E-state index in [-0.39, 0.29) is 4.90 Å². The lowest BCUT2D eigenvalue weighted by molar-refractivity contribution is 0.234. The fourth-order valence-corrected chi connectivity index (χ4v) is 3.96. The molecule has 0 spiro atoms. The van der Waals surface area contributed by atoms with Gasteiger partial charge in [-0.3, -0.25) is 0 Å². The Kier molecular flexibility index (Phi) is 3.73. The van der Waals surface area contributed by atoms with Gasteiger partial charge >= 0.3 is 5.76 Å².